The Hall–Kier alpha value is -2.65. The lowest BCUT2D eigenvalue weighted by Gasteiger charge is -2.08. The first-order valence-corrected chi connectivity index (χ1v) is 8.52. The molecule has 0 atom stereocenters. The van der Waals surface area contributed by atoms with Gasteiger partial charge in [0.15, 0.2) is 0 Å². The number of aliphatic carboxylic acids is 1. The van der Waals surface area contributed by atoms with Crippen LogP contribution in [0.5, 0.6) is 5.75 Å². The second-order valence-electron chi connectivity index (χ2n) is 5.58. The molecule has 0 bridgehead atoms. The molecule has 27 heavy (non-hydrogen) atoms. The molecule has 0 aliphatic carbocycles. The molecule has 0 aliphatic rings. The maximum atomic E-state index is 11.6. The number of benzene rings is 1. The van der Waals surface area contributed by atoms with E-state index in [1.54, 1.807) is 6.07 Å². The van der Waals surface area contributed by atoms with Gasteiger partial charge in [-0.1, -0.05) is 11.6 Å². The van der Waals surface area contributed by atoms with E-state index in [4.69, 9.17) is 21.1 Å². The first-order valence-electron chi connectivity index (χ1n) is 8.14. The first-order chi connectivity index (χ1) is 12.8. The van der Waals surface area contributed by atoms with Crippen LogP contribution in [0, 0.1) is 0 Å². The topological polar surface area (TPSA) is 129 Å². The lowest BCUT2D eigenvalue weighted by atomic mass is 10.2. The number of halogens is 1. The number of amides is 2. The van der Waals surface area contributed by atoms with Crippen molar-refractivity contribution >= 4 is 35.6 Å². The zero-order valence-electron chi connectivity index (χ0n) is 15.0. The SMILES string of the molecule is CC(C)OCCCNC(=O)C(=O)N/N=C\c1ccc(OCC(=O)[O-])c(Cl)c1. The van der Waals surface area contributed by atoms with Crippen molar-refractivity contribution in [2.24, 2.45) is 5.10 Å². The molecule has 1 rings (SSSR count). The summed E-state index contributed by atoms with van der Waals surface area (Å²) in [4.78, 5) is 33.5. The Morgan fingerprint density at radius 1 is 1.30 bits per heavy atom. The number of carboxylic acid groups (broad SMARTS) is 1. The highest BCUT2D eigenvalue weighted by Gasteiger charge is 2.11. The fourth-order valence-corrected chi connectivity index (χ4v) is 1.98. The Kier molecular flexibility index (Phi) is 9.84. The molecule has 0 heterocycles. The maximum Gasteiger partial charge on any atom is 0.329 e. The lowest BCUT2D eigenvalue weighted by Crippen LogP contribution is -2.38. The summed E-state index contributed by atoms with van der Waals surface area (Å²) in [7, 11) is 0. The van der Waals surface area contributed by atoms with Gasteiger partial charge < -0.3 is 24.7 Å². The number of hydrogen-bond donors (Lipinski definition) is 2. The molecule has 148 valence electrons. The van der Waals surface area contributed by atoms with Crippen molar-refractivity contribution in [2.75, 3.05) is 19.8 Å². The average Bonchev–Trinajstić information content (AvgIpc) is 2.60. The molecule has 1 aromatic rings. The van der Waals surface area contributed by atoms with Gasteiger partial charge in [-0.05, 0) is 44.0 Å². The van der Waals surface area contributed by atoms with Gasteiger partial charge in [-0.15, -0.1) is 0 Å². The van der Waals surface area contributed by atoms with Gasteiger partial charge in [0.1, 0.15) is 12.4 Å². The minimum absolute atomic E-state index is 0.113. The predicted octanol–water partition coefficient (Wildman–Crippen LogP) is -0.150. The first kappa shape index (κ1) is 22.4. The molecule has 0 aromatic heterocycles. The van der Waals surface area contributed by atoms with Gasteiger partial charge in [0.25, 0.3) is 0 Å². The van der Waals surface area contributed by atoms with Crippen molar-refractivity contribution in [1.82, 2.24) is 10.7 Å². The van der Waals surface area contributed by atoms with Crippen LogP contribution < -0.4 is 20.6 Å². The standard InChI is InChI=1S/C17H22ClN3O6/c1-11(2)26-7-3-6-19-16(24)17(25)21-20-9-12-4-5-14(13(18)8-12)27-10-15(22)23/h4-5,8-9,11H,3,6-7,10H2,1-2H3,(H,19,24)(H,21,25)(H,22,23)/p-1/b20-9-. The molecule has 0 aliphatic heterocycles. The highest BCUT2D eigenvalue weighted by atomic mass is 35.5. The number of hydrogen-bond acceptors (Lipinski definition) is 7. The van der Waals surface area contributed by atoms with Crippen LogP contribution in [0.1, 0.15) is 25.8 Å². The van der Waals surface area contributed by atoms with Gasteiger partial charge in [-0.2, -0.15) is 5.10 Å². The third-order valence-electron chi connectivity index (χ3n) is 2.95. The van der Waals surface area contributed by atoms with Gasteiger partial charge >= 0.3 is 11.8 Å². The number of hydrazone groups is 1. The summed E-state index contributed by atoms with van der Waals surface area (Å²) in [6, 6.07) is 4.44. The smallest absolute Gasteiger partial charge is 0.329 e. The summed E-state index contributed by atoms with van der Waals surface area (Å²) in [6.45, 7) is 3.99. The second kappa shape index (κ2) is 11.9. The van der Waals surface area contributed by atoms with Crippen molar-refractivity contribution in [3.05, 3.63) is 28.8 Å². The summed E-state index contributed by atoms with van der Waals surface area (Å²) in [5, 5.41) is 16.6. The molecule has 10 heteroatoms. The van der Waals surface area contributed by atoms with Crippen molar-refractivity contribution in [3.63, 3.8) is 0 Å². The van der Waals surface area contributed by atoms with Crippen molar-refractivity contribution < 1.29 is 29.0 Å². The summed E-state index contributed by atoms with van der Waals surface area (Å²) in [5.74, 6) is -2.91. The van der Waals surface area contributed by atoms with Crippen LogP contribution in [0.15, 0.2) is 23.3 Å². The molecule has 9 nitrogen and oxygen atoms in total. The van der Waals surface area contributed by atoms with E-state index in [0.717, 1.165) is 0 Å². The highest BCUT2D eigenvalue weighted by Crippen LogP contribution is 2.24. The number of carboxylic acids is 1. The fourth-order valence-electron chi connectivity index (χ4n) is 1.74. The minimum Gasteiger partial charge on any atom is -0.546 e. The van der Waals surface area contributed by atoms with Crippen LogP contribution in [-0.2, 0) is 19.1 Å². The highest BCUT2D eigenvalue weighted by molar-refractivity contribution is 6.35. The zero-order valence-corrected chi connectivity index (χ0v) is 15.7. The normalized spacial score (nSPS) is 10.8. The van der Waals surface area contributed by atoms with Gasteiger partial charge in [0.05, 0.1) is 23.3 Å². The number of carbonyl (C=O) groups is 3. The molecule has 0 spiro atoms. The van der Waals surface area contributed by atoms with E-state index in [9.17, 15) is 19.5 Å². The Balaban J connectivity index is 2.39. The van der Waals surface area contributed by atoms with Crippen molar-refractivity contribution in [2.45, 2.75) is 26.4 Å². The van der Waals surface area contributed by atoms with E-state index in [1.165, 1.54) is 18.3 Å². The van der Waals surface area contributed by atoms with E-state index in [-0.39, 0.29) is 16.9 Å². The molecule has 0 saturated heterocycles. The summed E-state index contributed by atoms with van der Waals surface area (Å²) in [5.41, 5.74) is 2.60. The van der Waals surface area contributed by atoms with E-state index >= 15 is 0 Å². The quantitative estimate of drug-likeness (QED) is 0.244. The van der Waals surface area contributed by atoms with Crippen LogP contribution in [-0.4, -0.2) is 49.9 Å². The summed E-state index contributed by atoms with van der Waals surface area (Å²) in [6.07, 6.45) is 1.98. The van der Waals surface area contributed by atoms with Gasteiger partial charge in [0, 0.05) is 13.2 Å². The minimum atomic E-state index is -1.37. The fraction of sp³-hybridized carbons (Fsp3) is 0.412. The number of carbonyl (C=O) groups excluding carboxylic acids is 3. The monoisotopic (exact) mass is 398 g/mol. The third kappa shape index (κ3) is 9.57. The Labute approximate surface area is 161 Å². The molecular weight excluding hydrogens is 378 g/mol. The van der Waals surface area contributed by atoms with Gasteiger partial charge in [-0.25, -0.2) is 5.43 Å². The molecule has 0 unspecified atom stereocenters. The van der Waals surface area contributed by atoms with E-state index in [1.807, 2.05) is 13.8 Å². The van der Waals surface area contributed by atoms with Gasteiger partial charge in [0.2, 0.25) is 0 Å². The summed E-state index contributed by atoms with van der Waals surface area (Å²) < 4.78 is 10.2. The van der Waals surface area contributed by atoms with E-state index in [2.05, 4.69) is 15.8 Å². The van der Waals surface area contributed by atoms with Crippen molar-refractivity contribution in [1.29, 1.82) is 0 Å². The molecule has 2 amide bonds. The summed E-state index contributed by atoms with van der Waals surface area (Å²) >= 11 is 5.95. The zero-order chi connectivity index (χ0) is 20.2. The number of nitrogens with one attached hydrogen (secondary N) is 2. The Morgan fingerprint density at radius 2 is 2.04 bits per heavy atom. The largest absolute Gasteiger partial charge is 0.546 e. The van der Waals surface area contributed by atoms with Gasteiger partial charge in [-0.3, -0.25) is 9.59 Å². The lowest BCUT2D eigenvalue weighted by molar-refractivity contribution is -0.307. The van der Waals surface area contributed by atoms with Crippen molar-refractivity contribution in [3.8, 4) is 5.75 Å². The molecule has 0 saturated carbocycles. The van der Waals surface area contributed by atoms with Crippen LogP contribution in [0.3, 0.4) is 0 Å². The number of nitrogens with zero attached hydrogens (tertiary/aromatic N) is 1. The van der Waals surface area contributed by atoms with Crippen LogP contribution >= 0.6 is 11.6 Å². The Bertz CT molecular complexity index is 693. The number of ether oxygens (including phenoxy) is 2. The van der Waals surface area contributed by atoms with Crippen LogP contribution in [0.25, 0.3) is 0 Å². The average molecular weight is 399 g/mol. The van der Waals surface area contributed by atoms with Crippen LogP contribution in [0.4, 0.5) is 0 Å². The molecule has 1 aromatic carbocycles. The number of rotatable bonds is 10. The van der Waals surface area contributed by atoms with E-state index < -0.39 is 24.4 Å². The predicted molar refractivity (Wildman–Crippen MR) is 96.4 cm³/mol. The molecule has 0 fully saturated rings. The second-order valence-corrected chi connectivity index (χ2v) is 5.99. The molecular formula is C17H21ClN3O6-. The maximum absolute atomic E-state index is 11.6. The third-order valence-corrected chi connectivity index (χ3v) is 3.24. The Morgan fingerprint density at radius 3 is 2.67 bits per heavy atom. The van der Waals surface area contributed by atoms with E-state index in [0.29, 0.717) is 25.1 Å². The molecule has 2 N–H and O–H groups in total. The molecule has 0 radical (unpaired) electrons. The van der Waals surface area contributed by atoms with Crippen LogP contribution in [0.2, 0.25) is 5.02 Å².